The molecule has 12 heavy (non-hydrogen) atoms. The van der Waals surface area contributed by atoms with Crippen LogP contribution in [-0.4, -0.2) is 15.5 Å². The molecule has 0 aromatic carbocycles. The van der Waals surface area contributed by atoms with Crippen LogP contribution >= 0.6 is 0 Å². The number of primary amides is 1. The fraction of sp³-hybridized carbons (Fsp3) is 0.200. The predicted octanol–water partition coefficient (Wildman–Crippen LogP) is -0.524. The molecule has 7 nitrogen and oxygen atoms in total. The highest BCUT2D eigenvalue weighted by atomic mass is 16.1. The third kappa shape index (κ3) is 1.24. The maximum Gasteiger partial charge on any atom is 0.267 e. The molecule has 64 valence electrons. The zero-order valence-corrected chi connectivity index (χ0v) is 6.43. The summed E-state index contributed by atoms with van der Waals surface area (Å²) in [6.07, 6.45) is 1.31. The maximum absolute atomic E-state index is 10.7. The van der Waals surface area contributed by atoms with Crippen LogP contribution in [0.4, 0.5) is 5.95 Å². The second-order valence-corrected chi connectivity index (χ2v) is 2.08. The van der Waals surface area contributed by atoms with Gasteiger partial charge < -0.3 is 16.1 Å². The van der Waals surface area contributed by atoms with Gasteiger partial charge in [-0.25, -0.2) is 4.98 Å². The number of carbonyl (C=O) groups excluding carboxylic acids is 1. The number of nitrogens with two attached hydrogens (primary N) is 2. The van der Waals surface area contributed by atoms with Crippen LogP contribution in [0, 0.1) is 0 Å². The number of hydrogen-bond acceptors (Lipinski definition) is 4. The molecule has 1 aromatic heterocycles. The Morgan fingerprint density at radius 1 is 1.75 bits per heavy atom. The third-order valence-corrected chi connectivity index (χ3v) is 1.36. The lowest BCUT2D eigenvalue weighted by atomic mass is 10.4. The molecule has 0 saturated carbocycles. The van der Waals surface area contributed by atoms with Crippen LogP contribution in [0.3, 0.4) is 0 Å². The van der Waals surface area contributed by atoms with Gasteiger partial charge in [-0.15, -0.1) is 0 Å². The van der Waals surface area contributed by atoms with Crippen molar-refractivity contribution in [1.82, 2.24) is 9.55 Å². The highest BCUT2D eigenvalue weighted by Crippen LogP contribution is 2.10. The van der Waals surface area contributed by atoms with Crippen LogP contribution in [0.15, 0.2) is 16.5 Å². The van der Waals surface area contributed by atoms with E-state index in [1.807, 2.05) is 0 Å². The van der Waals surface area contributed by atoms with Gasteiger partial charge in [-0.1, -0.05) is 10.3 Å². The summed E-state index contributed by atoms with van der Waals surface area (Å²) in [6.45, 7) is 0. The molecule has 1 heterocycles. The number of imidazole rings is 1. The van der Waals surface area contributed by atoms with Gasteiger partial charge in [0.1, 0.15) is 5.69 Å². The van der Waals surface area contributed by atoms with Gasteiger partial charge in [0.2, 0.25) is 0 Å². The van der Waals surface area contributed by atoms with Crippen LogP contribution in [0.1, 0.15) is 10.5 Å². The molecule has 0 bridgehead atoms. The first-order valence-electron chi connectivity index (χ1n) is 3.09. The minimum atomic E-state index is -0.566. The Balaban J connectivity index is 3.12. The van der Waals surface area contributed by atoms with Crippen LogP contribution in [0.2, 0.25) is 0 Å². The summed E-state index contributed by atoms with van der Waals surface area (Å²) in [4.78, 5) is 14.4. The molecule has 0 aliphatic heterocycles. The monoisotopic (exact) mass is 168 g/mol. The van der Waals surface area contributed by atoms with Gasteiger partial charge in [0.05, 0.1) is 6.20 Å². The highest BCUT2D eigenvalue weighted by molar-refractivity contribution is 5.91. The standard InChI is InChI=1S/C5H8N6O/c1-11-3(4(6)12)2-8-5(11)9-10-7/h2H,1H3,(H2,6,12)(H2,7,8,9). The molecular formula is C5H8N6O. The average molecular weight is 168 g/mol. The fourth-order valence-corrected chi connectivity index (χ4v) is 0.773. The van der Waals surface area contributed by atoms with Gasteiger partial charge >= 0.3 is 0 Å². The van der Waals surface area contributed by atoms with Gasteiger partial charge in [-0.2, -0.15) is 0 Å². The summed E-state index contributed by atoms with van der Waals surface area (Å²) in [7, 11) is 1.59. The van der Waals surface area contributed by atoms with Gasteiger partial charge in [-0.05, 0) is 0 Å². The number of aromatic nitrogens is 2. The Kier molecular flexibility index (Phi) is 2.04. The second kappa shape index (κ2) is 2.99. The van der Waals surface area contributed by atoms with E-state index in [0.29, 0.717) is 0 Å². The Hall–Kier alpha value is -1.92. The van der Waals surface area contributed by atoms with E-state index < -0.39 is 5.91 Å². The summed E-state index contributed by atoms with van der Waals surface area (Å²) >= 11 is 0. The van der Waals surface area contributed by atoms with Crippen molar-refractivity contribution in [3.8, 4) is 0 Å². The molecule has 4 N–H and O–H groups in total. The Morgan fingerprint density at radius 2 is 2.42 bits per heavy atom. The summed E-state index contributed by atoms with van der Waals surface area (Å²) < 4.78 is 1.40. The Labute approximate surface area is 68.1 Å². The van der Waals surface area contributed by atoms with Gasteiger partial charge in [-0.3, -0.25) is 4.79 Å². The maximum atomic E-state index is 10.7. The number of rotatable bonds is 2. The summed E-state index contributed by atoms with van der Waals surface area (Å²) in [5.41, 5.74) is 5.28. The average Bonchev–Trinajstić information content (AvgIpc) is 2.34. The Bertz CT molecular complexity index is 327. The fourth-order valence-electron chi connectivity index (χ4n) is 0.773. The smallest absolute Gasteiger partial charge is 0.267 e. The first-order valence-corrected chi connectivity index (χ1v) is 3.09. The molecule has 1 amide bonds. The van der Waals surface area contributed by atoms with Crippen molar-refractivity contribution in [3.63, 3.8) is 0 Å². The number of nitrogens with zero attached hydrogens (tertiary/aromatic N) is 4. The molecule has 0 fully saturated rings. The quantitative estimate of drug-likeness (QED) is 0.352. The van der Waals surface area contributed by atoms with Gasteiger partial charge in [0.15, 0.2) is 0 Å². The van der Waals surface area contributed by atoms with Crippen LogP contribution in [0.25, 0.3) is 0 Å². The van der Waals surface area contributed by atoms with Crippen LogP contribution in [-0.2, 0) is 7.05 Å². The van der Waals surface area contributed by atoms with Crippen molar-refractivity contribution < 1.29 is 4.79 Å². The molecule has 0 unspecified atom stereocenters. The van der Waals surface area contributed by atoms with E-state index in [2.05, 4.69) is 15.3 Å². The Morgan fingerprint density at radius 3 is 2.83 bits per heavy atom. The van der Waals surface area contributed by atoms with E-state index in [1.165, 1.54) is 10.8 Å². The van der Waals surface area contributed by atoms with Crippen molar-refractivity contribution in [2.75, 3.05) is 0 Å². The minimum Gasteiger partial charge on any atom is -0.364 e. The van der Waals surface area contributed by atoms with Crippen LogP contribution < -0.4 is 11.6 Å². The van der Waals surface area contributed by atoms with E-state index in [1.54, 1.807) is 7.05 Å². The summed E-state index contributed by atoms with van der Waals surface area (Å²) in [5.74, 6) is 4.48. The highest BCUT2D eigenvalue weighted by Gasteiger charge is 2.09. The van der Waals surface area contributed by atoms with Gasteiger partial charge in [0.25, 0.3) is 11.9 Å². The molecule has 0 saturated heterocycles. The van der Waals surface area contributed by atoms with E-state index in [9.17, 15) is 4.79 Å². The summed E-state index contributed by atoms with van der Waals surface area (Å²) in [5, 5.41) is 6.49. The molecule has 7 heteroatoms. The second-order valence-electron chi connectivity index (χ2n) is 2.08. The van der Waals surface area contributed by atoms with Crippen molar-refractivity contribution in [2.45, 2.75) is 0 Å². The predicted molar refractivity (Wildman–Crippen MR) is 40.4 cm³/mol. The van der Waals surface area contributed by atoms with Crippen LogP contribution in [0.5, 0.6) is 0 Å². The summed E-state index contributed by atoms with van der Waals surface area (Å²) in [6, 6.07) is 0. The number of carbonyl (C=O) groups is 1. The molecular weight excluding hydrogens is 160 g/mol. The molecule has 1 rings (SSSR count). The topological polar surface area (TPSA) is 112 Å². The first-order chi connectivity index (χ1) is 5.66. The normalized spacial score (nSPS) is 10.8. The van der Waals surface area contributed by atoms with E-state index in [0.717, 1.165) is 0 Å². The van der Waals surface area contributed by atoms with E-state index in [4.69, 9.17) is 11.6 Å². The number of amides is 1. The molecule has 1 aromatic rings. The minimum absolute atomic E-state index is 0.242. The SMILES string of the molecule is Cn1c(C(N)=O)cnc1N=NN. The largest absolute Gasteiger partial charge is 0.364 e. The lowest BCUT2D eigenvalue weighted by Crippen LogP contribution is -2.14. The lowest BCUT2D eigenvalue weighted by Gasteiger charge is -1.96. The molecule has 0 atom stereocenters. The zero-order valence-electron chi connectivity index (χ0n) is 6.43. The molecule has 0 radical (unpaired) electrons. The van der Waals surface area contributed by atoms with Crippen molar-refractivity contribution in [2.24, 2.45) is 29.0 Å². The van der Waals surface area contributed by atoms with Crippen molar-refractivity contribution in [1.29, 1.82) is 0 Å². The number of hydrogen-bond donors (Lipinski definition) is 2. The van der Waals surface area contributed by atoms with E-state index >= 15 is 0 Å². The first kappa shape index (κ1) is 8.18. The zero-order chi connectivity index (χ0) is 9.14. The third-order valence-electron chi connectivity index (χ3n) is 1.36. The van der Waals surface area contributed by atoms with Crippen molar-refractivity contribution in [3.05, 3.63) is 11.9 Å². The van der Waals surface area contributed by atoms with Crippen molar-refractivity contribution >= 4 is 11.9 Å². The van der Waals surface area contributed by atoms with E-state index in [-0.39, 0.29) is 11.6 Å². The molecule has 0 aliphatic carbocycles. The van der Waals surface area contributed by atoms with Gasteiger partial charge in [0, 0.05) is 7.05 Å². The molecule has 0 aliphatic rings. The lowest BCUT2D eigenvalue weighted by molar-refractivity contribution is 0.0992. The molecule has 0 spiro atoms.